The van der Waals surface area contributed by atoms with Crippen molar-refractivity contribution in [3.8, 4) is 6.07 Å². The van der Waals surface area contributed by atoms with Gasteiger partial charge in [0.2, 0.25) is 0 Å². The number of nitrogens with zero attached hydrogens (tertiary/aromatic N) is 3. The van der Waals surface area contributed by atoms with Crippen LogP contribution in [0.15, 0.2) is 23.8 Å². The molecular weight excluding hydrogens is 405 g/mol. The first-order valence-corrected chi connectivity index (χ1v) is 8.73. The van der Waals surface area contributed by atoms with E-state index in [1.807, 2.05) is 0 Å². The van der Waals surface area contributed by atoms with Crippen LogP contribution in [0.25, 0.3) is 0 Å². The number of rotatable bonds is 7. The highest BCUT2D eigenvalue weighted by Gasteiger charge is 2.42. The molecule has 2 aromatic heterocycles. The number of hydrogen-bond donors (Lipinski definition) is 2. The van der Waals surface area contributed by atoms with Crippen molar-refractivity contribution in [2.24, 2.45) is 0 Å². The molecule has 2 rings (SSSR count). The Kier molecular flexibility index (Phi) is 6.50. The zero-order valence-electron chi connectivity index (χ0n) is 14.3. The van der Waals surface area contributed by atoms with Crippen LogP contribution in [0.5, 0.6) is 0 Å². The van der Waals surface area contributed by atoms with Gasteiger partial charge in [0.15, 0.2) is 0 Å². The van der Waals surface area contributed by atoms with Gasteiger partial charge in [-0.3, -0.25) is 9.78 Å². The summed E-state index contributed by atoms with van der Waals surface area (Å²) in [5.74, 6) is -5.51. The van der Waals surface area contributed by atoms with Gasteiger partial charge >= 0.3 is 12.1 Å². The van der Waals surface area contributed by atoms with Crippen molar-refractivity contribution in [2.45, 2.75) is 31.5 Å². The van der Waals surface area contributed by atoms with Crippen molar-refractivity contribution < 1.29 is 26.7 Å². The Balaban J connectivity index is 1.94. The Hall–Kier alpha value is -2.81. The molecule has 0 aromatic carbocycles. The normalized spacial score (nSPS) is 12.9. The molecule has 28 heavy (non-hydrogen) atoms. The number of thiazole rings is 1. The molecule has 1 amide bonds. The van der Waals surface area contributed by atoms with Crippen LogP contribution >= 0.6 is 11.3 Å². The molecule has 12 heteroatoms. The van der Waals surface area contributed by atoms with Crippen molar-refractivity contribution in [2.75, 3.05) is 11.9 Å². The van der Waals surface area contributed by atoms with Crippen LogP contribution in [0.1, 0.15) is 29.5 Å². The molecule has 0 aliphatic heterocycles. The van der Waals surface area contributed by atoms with Gasteiger partial charge in [-0.25, -0.2) is 4.98 Å². The van der Waals surface area contributed by atoms with Gasteiger partial charge in [-0.15, -0.1) is 11.3 Å². The number of nitriles is 1. The predicted molar refractivity (Wildman–Crippen MR) is 90.7 cm³/mol. The van der Waals surface area contributed by atoms with Crippen LogP contribution in [0.2, 0.25) is 0 Å². The van der Waals surface area contributed by atoms with Crippen LogP contribution in [0.4, 0.5) is 27.8 Å². The fourth-order valence-corrected chi connectivity index (χ4v) is 2.72. The molecule has 0 fully saturated rings. The molecule has 2 N–H and O–H groups in total. The summed E-state index contributed by atoms with van der Waals surface area (Å²) in [6.07, 6.45) is -3.67. The van der Waals surface area contributed by atoms with Gasteiger partial charge in [0.25, 0.3) is 5.91 Å². The van der Waals surface area contributed by atoms with E-state index in [9.17, 15) is 26.7 Å². The molecule has 150 valence electrons. The minimum atomic E-state index is -4.67. The van der Waals surface area contributed by atoms with E-state index in [1.165, 1.54) is 12.4 Å². The minimum absolute atomic E-state index is 0.00341. The first-order valence-electron chi connectivity index (χ1n) is 7.85. The maximum absolute atomic E-state index is 14.0. The number of amides is 1. The SMILES string of the molecule is CC(CCNc1nc(C(F)(F)F)ccc1C#N)NC(=O)C(F)(F)c1cncs1. The third kappa shape index (κ3) is 5.13. The summed E-state index contributed by atoms with van der Waals surface area (Å²) in [6.45, 7) is 1.46. The fraction of sp³-hybridized carbons (Fsp3) is 0.375. The molecule has 6 nitrogen and oxygen atoms in total. The molecule has 2 heterocycles. The van der Waals surface area contributed by atoms with E-state index >= 15 is 0 Å². The predicted octanol–water partition coefficient (Wildman–Crippen LogP) is 3.53. The number of aromatic nitrogens is 2. The standard InChI is InChI=1S/C16H14F5N5OS/c1-9(25-14(27)15(17,18)12-7-23-8-28-12)4-5-24-13-10(6-22)2-3-11(26-13)16(19,20)21/h2-3,7-9H,4-5H2,1H3,(H,24,26)(H,25,27). The topological polar surface area (TPSA) is 90.7 Å². The highest BCUT2D eigenvalue weighted by molar-refractivity contribution is 7.09. The second kappa shape index (κ2) is 8.47. The number of carbonyl (C=O) groups is 1. The van der Waals surface area contributed by atoms with E-state index in [1.54, 1.807) is 6.07 Å². The molecule has 0 aliphatic carbocycles. The fourth-order valence-electron chi connectivity index (χ4n) is 2.12. The Morgan fingerprint density at radius 2 is 2.04 bits per heavy atom. The van der Waals surface area contributed by atoms with E-state index in [0.717, 1.165) is 12.3 Å². The summed E-state index contributed by atoms with van der Waals surface area (Å²) in [5, 5.41) is 13.7. The first-order chi connectivity index (χ1) is 13.1. The Morgan fingerprint density at radius 3 is 2.61 bits per heavy atom. The van der Waals surface area contributed by atoms with Gasteiger partial charge in [0, 0.05) is 18.8 Å². The lowest BCUT2D eigenvalue weighted by Gasteiger charge is -2.19. The molecule has 0 bridgehead atoms. The lowest BCUT2D eigenvalue weighted by atomic mass is 10.2. The van der Waals surface area contributed by atoms with Crippen LogP contribution in [-0.2, 0) is 16.9 Å². The molecule has 1 unspecified atom stereocenters. The number of alkyl halides is 5. The highest BCUT2D eigenvalue weighted by Crippen LogP contribution is 2.31. The first kappa shape index (κ1) is 21.5. The van der Waals surface area contributed by atoms with E-state index in [4.69, 9.17) is 5.26 Å². The van der Waals surface area contributed by atoms with Gasteiger partial charge in [-0.2, -0.15) is 27.2 Å². The summed E-state index contributed by atoms with van der Waals surface area (Å²) in [5.41, 5.74) is -0.0837. The van der Waals surface area contributed by atoms with Crippen LogP contribution in [-0.4, -0.2) is 28.5 Å². The van der Waals surface area contributed by atoms with E-state index < -0.39 is 34.6 Å². The van der Waals surface area contributed by atoms with Gasteiger partial charge in [-0.1, -0.05) is 0 Å². The van der Waals surface area contributed by atoms with Crippen molar-refractivity contribution in [1.29, 1.82) is 5.26 Å². The maximum atomic E-state index is 14.0. The van der Waals surface area contributed by atoms with Crippen molar-refractivity contribution in [3.63, 3.8) is 0 Å². The van der Waals surface area contributed by atoms with Crippen molar-refractivity contribution >= 4 is 23.1 Å². The Bertz CT molecular complexity index is 863. The van der Waals surface area contributed by atoms with Gasteiger partial charge < -0.3 is 10.6 Å². The maximum Gasteiger partial charge on any atom is 0.433 e. The number of hydrogen-bond acceptors (Lipinski definition) is 6. The summed E-state index contributed by atoms with van der Waals surface area (Å²) in [4.78, 5) is 18.2. The molecule has 1 atom stereocenters. The summed E-state index contributed by atoms with van der Waals surface area (Å²) in [6, 6.07) is 2.67. The average molecular weight is 419 g/mol. The van der Waals surface area contributed by atoms with E-state index in [-0.39, 0.29) is 24.3 Å². The number of pyridine rings is 1. The average Bonchev–Trinajstić information content (AvgIpc) is 3.16. The zero-order valence-corrected chi connectivity index (χ0v) is 15.2. The second-order valence-electron chi connectivity index (χ2n) is 5.73. The Morgan fingerprint density at radius 1 is 1.32 bits per heavy atom. The van der Waals surface area contributed by atoms with Crippen LogP contribution in [0, 0.1) is 11.3 Å². The number of halogens is 5. The van der Waals surface area contributed by atoms with Crippen molar-refractivity contribution in [1.82, 2.24) is 15.3 Å². The number of anilines is 1. The van der Waals surface area contributed by atoms with Crippen LogP contribution < -0.4 is 10.6 Å². The quantitative estimate of drug-likeness (QED) is 0.670. The zero-order chi connectivity index (χ0) is 20.9. The third-order valence-corrected chi connectivity index (χ3v) is 4.42. The number of carbonyl (C=O) groups excluding carboxylic acids is 1. The van der Waals surface area contributed by atoms with Gasteiger partial charge in [0.1, 0.15) is 22.5 Å². The van der Waals surface area contributed by atoms with E-state index in [0.29, 0.717) is 17.4 Å². The molecule has 2 aromatic rings. The van der Waals surface area contributed by atoms with Gasteiger partial charge in [0.05, 0.1) is 11.1 Å². The molecule has 0 aliphatic rings. The summed E-state index contributed by atoms with van der Waals surface area (Å²) < 4.78 is 66.1. The van der Waals surface area contributed by atoms with Gasteiger partial charge in [-0.05, 0) is 25.5 Å². The molecule has 0 saturated heterocycles. The smallest absolute Gasteiger partial charge is 0.369 e. The molecule has 0 radical (unpaired) electrons. The summed E-state index contributed by atoms with van der Waals surface area (Å²) >= 11 is 0.643. The second-order valence-corrected chi connectivity index (χ2v) is 6.62. The third-order valence-electron chi connectivity index (χ3n) is 3.58. The molecule has 0 saturated carbocycles. The van der Waals surface area contributed by atoms with Crippen molar-refractivity contribution in [3.05, 3.63) is 40.0 Å². The van der Waals surface area contributed by atoms with Crippen LogP contribution in [0.3, 0.4) is 0 Å². The lowest BCUT2D eigenvalue weighted by Crippen LogP contribution is -2.43. The van der Waals surface area contributed by atoms with E-state index in [2.05, 4.69) is 20.6 Å². The summed E-state index contributed by atoms with van der Waals surface area (Å²) in [7, 11) is 0. The number of nitrogens with one attached hydrogen (secondary N) is 2. The lowest BCUT2D eigenvalue weighted by molar-refractivity contribution is -0.147. The minimum Gasteiger partial charge on any atom is -0.369 e. The monoisotopic (exact) mass is 419 g/mol. The Labute approximate surface area is 160 Å². The highest BCUT2D eigenvalue weighted by atomic mass is 32.1. The molecule has 0 spiro atoms. The molecular formula is C16H14F5N5OS. The largest absolute Gasteiger partial charge is 0.433 e.